The van der Waals surface area contributed by atoms with Crippen molar-refractivity contribution in [2.75, 3.05) is 5.73 Å². The number of hydrogen-bond acceptors (Lipinski definition) is 4. The van der Waals surface area contributed by atoms with Gasteiger partial charge in [0.1, 0.15) is 5.78 Å². The van der Waals surface area contributed by atoms with Gasteiger partial charge in [-0.15, -0.1) is 0 Å². The molecular formula is C26H40N5O+. The minimum absolute atomic E-state index is 0.157. The second kappa shape index (κ2) is 8.27. The SMILES string of the molecule is C/C(=C\Cn1c[n+](C)c2ncnc(N)c21)CC[C@]1(C)[C@H]2CCC(=O)[C@@H](C)[C@]2(C)CC[C@H]1C. The second-order valence-electron chi connectivity index (χ2n) is 11.1. The molecule has 174 valence electrons. The van der Waals surface area contributed by atoms with Crippen LogP contribution in [0.1, 0.15) is 73.1 Å². The molecule has 0 radical (unpaired) electrons. The van der Waals surface area contributed by atoms with E-state index in [2.05, 4.69) is 55.2 Å². The quantitative estimate of drug-likeness (QED) is 0.546. The lowest BCUT2D eigenvalue weighted by Crippen LogP contribution is -2.54. The molecular weight excluding hydrogens is 398 g/mol. The molecule has 6 heteroatoms. The number of rotatable bonds is 5. The highest BCUT2D eigenvalue weighted by Gasteiger charge is 2.56. The molecule has 0 spiro atoms. The topological polar surface area (TPSA) is 77.7 Å². The van der Waals surface area contributed by atoms with Crippen molar-refractivity contribution in [3.63, 3.8) is 0 Å². The van der Waals surface area contributed by atoms with E-state index in [1.54, 1.807) is 0 Å². The van der Waals surface area contributed by atoms with E-state index >= 15 is 0 Å². The predicted octanol–water partition coefficient (Wildman–Crippen LogP) is 4.62. The Balaban J connectivity index is 1.50. The molecule has 2 aliphatic carbocycles. The van der Waals surface area contributed by atoms with Gasteiger partial charge in [0.05, 0.1) is 13.6 Å². The van der Waals surface area contributed by atoms with Crippen molar-refractivity contribution in [1.82, 2.24) is 14.5 Å². The number of imidazole rings is 1. The zero-order chi connectivity index (χ0) is 23.3. The molecule has 32 heavy (non-hydrogen) atoms. The number of nitrogens with two attached hydrogens (primary N) is 1. The molecule has 0 amide bonds. The van der Waals surface area contributed by atoms with Crippen molar-refractivity contribution < 1.29 is 9.36 Å². The molecule has 0 saturated heterocycles. The first-order chi connectivity index (χ1) is 15.1. The molecule has 0 bridgehead atoms. The maximum Gasteiger partial charge on any atom is 0.307 e. The van der Waals surface area contributed by atoms with Gasteiger partial charge in [0.15, 0.2) is 18.5 Å². The number of hydrogen-bond donors (Lipinski definition) is 1. The van der Waals surface area contributed by atoms with Crippen molar-refractivity contribution in [1.29, 1.82) is 0 Å². The molecule has 0 unspecified atom stereocenters. The molecule has 2 saturated carbocycles. The Morgan fingerprint density at radius 1 is 1.31 bits per heavy atom. The molecule has 6 nitrogen and oxygen atoms in total. The molecule has 2 aromatic heterocycles. The lowest BCUT2D eigenvalue weighted by molar-refractivity contribution is -0.647. The highest BCUT2D eigenvalue weighted by atomic mass is 16.1. The lowest BCUT2D eigenvalue weighted by atomic mass is 9.44. The van der Waals surface area contributed by atoms with Crippen LogP contribution in [-0.2, 0) is 18.4 Å². The molecule has 2 heterocycles. The molecule has 2 fully saturated rings. The van der Waals surface area contributed by atoms with Crippen LogP contribution in [0, 0.1) is 28.6 Å². The van der Waals surface area contributed by atoms with Gasteiger partial charge in [0.2, 0.25) is 5.52 Å². The number of ketones is 1. The van der Waals surface area contributed by atoms with Crippen molar-refractivity contribution in [2.45, 2.75) is 79.7 Å². The van der Waals surface area contributed by atoms with Crippen LogP contribution < -0.4 is 10.3 Å². The number of nitrogens with zero attached hydrogens (tertiary/aromatic N) is 4. The minimum atomic E-state index is 0.157. The fourth-order valence-electron chi connectivity index (χ4n) is 6.80. The normalized spacial score (nSPS) is 33.5. The van der Waals surface area contributed by atoms with Crippen molar-refractivity contribution in [3.8, 4) is 0 Å². The Kier molecular flexibility index (Phi) is 5.93. The van der Waals surface area contributed by atoms with Crippen LogP contribution in [0.2, 0.25) is 0 Å². The monoisotopic (exact) mass is 438 g/mol. The smallest absolute Gasteiger partial charge is 0.307 e. The number of carbonyl (C=O) groups excluding carboxylic acids is 1. The van der Waals surface area contributed by atoms with Crippen LogP contribution in [0.25, 0.3) is 11.2 Å². The minimum Gasteiger partial charge on any atom is -0.380 e. The van der Waals surface area contributed by atoms with Gasteiger partial charge >= 0.3 is 5.65 Å². The molecule has 2 aromatic rings. The predicted molar refractivity (Wildman–Crippen MR) is 128 cm³/mol. The van der Waals surface area contributed by atoms with Crippen LogP contribution >= 0.6 is 0 Å². The summed E-state index contributed by atoms with van der Waals surface area (Å²) in [6.07, 6.45) is 12.4. The summed E-state index contributed by atoms with van der Waals surface area (Å²) in [5, 5.41) is 0. The van der Waals surface area contributed by atoms with Crippen LogP contribution in [0.5, 0.6) is 0 Å². The van der Waals surface area contributed by atoms with Gasteiger partial charge in [-0.25, -0.2) is 4.57 Å². The number of allylic oxidation sites excluding steroid dienone is 2. The number of aromatic nitrogens is 4. The van der Waals surface area contributed by atoms with E-state index in [1.807, 2.05) is 17.9 Å². The molecule has 5 atom stereocenters. The summed E-state index contributed by atoms with van der Waals surface area (Å²) in [4.78, 5) is 21.1. The first-order valence-corrected chi connectivity index (χ1v) is 12.2. The average molecular weight is 439 g/mol. The van der Waals surface area contributed by atoms with E-state index in [0.717, 1.165) is 37.0 Å². The molecule has 0 aromatic carbocycles. The number of nitrogen functional groups attached to an aromatic ring is 1. The first kappa shape index (κ1) is 22.9. The van der Waals surface area contributed by atoms with Crippen LogP contribution in [0.15, 0.2) is 24.3 Å². The third-order valence-corrected chi connectivity index (χ3v) is 9.45. The van der Waals surface area contributed by atoms with Crippen molar-refractivity contribution >= 4 is 22.8 Å². The van der Waals surface area contributed by atoms with E-state index in [9.17, 15) is 4.79 Å². The Hall–Kier alpha value is -2.24. The van der Waals surface area contributed by atoms with Crippen LogP contribution in [0.3, 0.4) is 0 Å². The number of aryl methyl sites for hydroxylation is 1. The summed E-state index contributed by atoms with van der Waals surface area (Å²) >= 11 is 0. The first-order valence-electron chi connectivity index (χ1n) is 12.2. The number of fused-ring (bicyclic) bond motifs is 2. The van der Waals surface area contributed by atoms with E-state index in [1.165, 1.54) is 31.2 Å². The fourth-order valence-corrected chi connectivity index (χ4v) is 6.80. The number of carbonyl (C=O) groups is 1. The summed E-state index contributed by atoms with van der Waals surface area (Å²) < 4.78 is 4.12. The summed E-state index contributed by atoms with van der Waals surface area (Å²) in [5.41, 5.74) is 9.72. The largest absolute Gasteiger partial charge is 0.380 e. The van der Waals surface area contributed by atoms with Crippen molar-refractivity contribution in [3.05, 3.63) is 24.3 Å². The van der Waals surface area contributed by atoms with Gasteiger partial charge in [0, 0.05) is 12.3 Å². The zero-order valence-corrected chi connectivity index (χ0v) is 20.7. The van der Waals surface area contributed by atoms with E-state index < -0.39 is 0 Å². The third kappa shape index (κ3) is 3.65. The molecule has 2 aliphatic rings. The van der Waals surface area contributed by atoms with E-state index in [4.69, 9.17) is 5.73 Å². The summed E-state index contributed by atoms with van der Waals surface area (Å²) in [5.74, 6) is 2.51. The highest BCUT2D eigenvalue weighted by Crippen LogP contribution is 2.62. The van der Waals surface area contributed by atoms with E-state index in [-0.39, 0.29) is 16.7 Å². The molecule has 2 N–H and O–H groups in total. The van der Waals surface area contributed by atoms with Gasteiger partial charge in [-0.2, -0.15) is 4.98 Å². The van der Waals surface area contributed by atoms with Gasteiger partial charge in [-0.1, -0.05) is 44.3 Å². The van der Waals surface area contributed by atoms with E-state index in [0.29, 0.717) is 23.4 Å². The third-order valence-electron chi connectivity index (χ3n) is 9.45. The maximum absolute atomic E-state index is 12.5. The maximum atomic E-state index is 12.5. The highest BCUT2D eigenvalue weighted by molar-refractivity contribution is 5.82. The van der Waals surface area contributed by atoms with Gasteiger partial charge in [-0.05, 0) is 61.7 Å². The second-order valence-corrected chi connectivity index (χ2v) is 11.1. The lowest BCUT2D eigenvalue weighted by Gasteiger charge is -2.59. The van der Waals surface area contributed by atoms with Gasteiger partial charge in [-0.3, -0.25) is 9.36 Å². The Morgan fingerprint density at radius 3 is 2.81 bits per heavy atom. The average Bonchev–Trinajstić information content (AvgIpc) is 3.09. The van der Waals surface area contributed by atoms with Crippen LogP contribution in [0.4, 0.5) is 5.82 Å². The Morgan fingerprint density at radius 2 is 2.06 bits per heavy atom. The summed E-state index contributed by atoms with van der Waals surface area (Å²) in [7, 11) is 1.99. The van der Waals surface area contributed by atoms with Crippen molar-refractivity contribution in [2.24, 2.45) is 35.6 Å². The summed E-state index contributed by atoms with van der Waals surface area (Å²) in [6, 6.07) is 0. The van der Waals surface area contributed by atoms with Crippen LogP contribution in [-0.4, -0.2) is 20.3 Å². The molecule has 4 rings (SSSR count). The number of anilines is 1. The Labute approximate surface area is 192 Å². The summed E-state index contributed by atoms with van der Waals surface area (Å²) in [6.45, 7) is 12.5. The zero-order valence-electron chi connectivity index (χ0n) is 20.7. The molecule has 0 aliphatic heterocycles. The fraction of sp³-hybridized carbons (Fsp3) is 0.692. The van der Waals surface area contributed by atoms with Gasteiger partial charge in [0.25, 0.3) is 0 Å². The van der Waals surface area contributed by atoms with Gasteiger partial charge < -0.3 is 5.73 Å². The number of Topliss-reactive ketones (excluding diaryl/α,β-unsaturated/α-hetero) is 1. The standard InChI is InChI=1S/C26H40N5O/c1-17(11-14-31-16-30(6)24-22(31)23(27)28-15-29-24)9-12-25(4)18(2)10-13-26(5)19(3)20(32)7-8-21(25)26/h11,15-16,18-19,21H,7-10,12-14H2,1-6H3,(H2,27,28,29)/q+1/b17-11+/t18-,19-,21-,25+,26+/m1/s1. The Bertz CT molecular complexity index is 1060.